The van der Waals surface area contributed by atoms with Gasteiger partial charge in [-0.3, -0.25) is 19.5 Å². The number of anilines is 1. The van der Waals surface area contributed by atoms with Crippen molar-refractivity contribution in [2.45, 2.75) is 19.8 Å². The van der Waals surface area contributed by atoms with E-state index in [4.69, 9.17) is 0 Å². The zero-order chi connectivity index (χ0) is 14.8. The first-order valence-corrected chi connectivity index (χ1v) is 6.97. The first-order valence-electron chi connectivity index (χ1n) is 6.97. The molecule has 4 nitrogen and oxygen atoms in total. The van der Waals surface area contributed by atoms with Gasteiger partial charge in [0.05, 0.1) is 11.6 Å². The Labute approximate surface area is 123 Å². The Morgan fingerprint density at radius 3 is 2.43 bits per heavy atom. The number of aryl methyl sites for hydroxylation is 1. The van der Waals surface area contributed by atoms with Crippen molar-refractivity contribution in [3.8, 4) is 0 Å². The smallest absolute Gasteiger partial charge is 0.237 e. The van der Waals surface area contributed by atoms with Crippen molar-refractivity contribution in [1.29, 1.82) is 0 Å². The Balaban J connectivity index is 1.79. The fourth-order valence-corrected chi connectivity index (χ4v) is 2.63. The Kier molecular flexibility index (Phi) is 3.52. The molecule has 1 aromatic heterocycles. The lowest BCUT2D eigenvalue weighted by atomic mass is 9.97. The summed E-state index contributed by atoms with van der Waals surface area (Å²) in [5, 5.41) is 0. The molecule has 2 heterocycles. The maximum Gasteiger partial charge on any atom is 0.237 e. The van der Waals surface area contributed by atoms with Gasteiger partial charge in [-0.15, -0.1) is 0 Å². The number of pyridine rings is 1. The number of carbonyl (C=O) groups is 2. The van der Waals surface area contributed by atoms with Gasteiger partial charge in [-0.05, 0) is 31.0 Å². The van der Waals surface area contributed by atoms with Crippen molar-refractivity contribution in [2.75, 3.05) is 4.90 Å². The highest BCUT2D eigenvalue weighted by Crippen LogP contribution is 2.28. The van der Waals surface area contributed by atoms with Crippen molar-refractivity contribution in [3.63, 3.8) is 0 Å². The van der Waals surface area contributed by atoms with Crippen LogP contribution in [0.4, 0.5) is 5.69 Å². The van der Waals surface area contributed by atoms with Gasteiger partial charge in [0, 0.05) is 18.8 Å². The molecule has 1 fully saturated rings. The van der Waals surface area contributed by atoms with Crippen LogP contribution >= 0.6 is 0 Å². The van der Waals surface area contributed by atoms with Gasteiger partial charge in [-0.2, -0.15) is 0 Å². The Bertz CT molecular complexity index is 665. The molecule has 1 aliphatic heterocycles. The number of benzene rings is 1. The molecule has 2 amide bonds. The zero-order valence-corrected chi connectivity index (χ0v) is 11.8. The Morgan fingerprint density at radius 1 is 1.10 bits per heavy atom. The third-order valence-corrected chi connectivity index (χ3v) is 3.76. The van der Waals surface area contributed by atoms with Gasteiger partial charge in [0.1, 0.15) is 0 Å². The van der Waals surface area contributed by atoms with E-state index in [-0.39, 0.29) is 24.2 Å². The van der Waals surface area contributed by atoms with Crippen molar-refractivity contribution < 1.29 is 9.59 Å². The minimum Gasteiger partial charge on any atom is -0.274 e. The third kappa shape index (κ3) is 2.70. The lowest BCUT2D eigenvalue weighted by Gasteiger charge is -2.14. The molecule has 1 aliphatic rings. The summed E-state index contributed by atoms with van der Waals surface area (Å²) in [7, 11) is 0. The van der Waals surface area contributed by atoms with E-state index in [1.54, 1.807) is 24.5 Å². The number of hydrogen-bond acceptors (Lipinski definition) is 3. The van der Waals surface area contributed by atoms with Gasteiger partial charge in [0.2, 0.25) is 11.8 Å². The van der Waals surface area contributed by atoms with Crippen molar-refractivity contribution >= 4 is 17.5 Å². The monoisotopic (exact) mass is 280 g/mol. The van der Waals surface area contributed by atoms with E-state index >= 15 is 0 Å². The highest BCUT2D eigenvalue weighted by molar-refractivity contribution is 6.20. The van der Waals surface area contributed by atoms with Crippen LogP contribution in [0.1, 0.15) is 17.5 Å². The third-order valence-electron chi connectivity index (χ3n) is 3.76. The van der Waals surface area contributed by atoms with E-state index < -0.39 is 0 Å². The van der Waals surface area contributed by atoms with Gasteiger partial charge in [-0.1, -0.05) is 29.8 Å². The molecule has 0 spiro atoms. The van der Waals surface area contributed by atoms with Gasteiger partial charge in [-0.25, -0.2) is 0 Å². The molecular formula is C17H16N2O2. The number of amides is 2. The molecule has 0 aliphatic carbocycles. The van der Waals surface area contributed by atoms with Crippen molar-refractivity contribution in [3.05, 3.63) is 59.9 Å². The maximum atomic E-state index is 12.5. The highest BCUT2D eigenvalue weighted by Gasteiger charge is 2.39. The number of imide groups is 1. The predicted molar refractivity (Wildman–Crippen MR) is 79.7 cm³/mol. The number of nitrogens with zero attached hydrogens (tertiary/aromatic N) is 2. The summed E-state index contributed by atoms with van der Waals surface area (Å²) in [6.07, 6.45) is 4.05. The van der Waals surface area contributed by atoms with Gasteiger partial charge >= 0.3 is 0 Å². The summed E-state index contributed by atoms with van der Waals surface area (Å²) in [6, 6.07) is 11.5. The minimum absolute atomic E-state index is 0.119. The van der Waals surface area contributed by atoms with E-state index in [1.165, 1.54) is 10.5 Å². The second-order valence-corrected chi connectivity index (χ2v) is 5.36. The molecule has 3 rings (SSSR count). The van der Waals surface area contributed by atoms with Crippen LogP contribution in [0.5, 0.6) is 0 Å². The van der Waals surface area contributed by atoms with Crippen LogP contribution in [0.25, 0.3) is 0 Å². The molecular weight excluding hydrogens is 264 g/mol. The summed E-state index contributed by atoms with van der Waals surface area (Å²) in [5.41, 5.74) is 2.88. The average Bonchev–Trinajstić information content (AvgIpc) is 2.77. The first kappa shape index (κ1) is 13.5. The van der Waals surface area contributed by atoms with Crippen LogP contribution in [0, 0.1) is 12.8 Å². The fourth-order valence-electron chi connectivity index (χ4n) is 2.63. The summed E-state index contributed by atoms with van der Waals surface area (Å²) in [4.78, 5) is 29.8. The largest absolute Gasteiger partial charge is 0.274 e. The topological polar surface area (TPSA) is 50.3 Å². The fraction of sp³-hybridized carbons (Fsp3) is 0.235. The second kappa shape index (κ2) is 5.48. The molecule has 0 saturated carbocycles. The van der Waals surface area contributed by atoms with E-state index in [0.29, 0.717) is 12.1 Å². The molecule has 4 heteroatoms. The minimum atomic E-state index is -0.270. The van der Waals surface area contributed by atoms with E-state index in [9.17, 15) is 9.59 Å². The molecule has 0 N–H and O–H groups in total. The summed E-state index contributed by atoms with van der Waals surface area (Å²) >= 11 is 0. The zero-order valence-electron chi connectivity index (χ0n) is 11.8. The quantitative estimate of drug-likeness (QED) is 0.812. The molecule has 21 heavy (non-hydrogen) atoms. The van der Waals surface area contributed by atoms with E-state index in [2.05, 4.69) is 4.98 Å². The molecule has 0 radical (unpaired) electrons. The van der Waals surface area contributed by atoms with Crippen molar-refractivity contribution in [1.82, 2.24) is 4.98 Å². The van der Waals surface area contributed by atoms with Crippen LogP contribution < -0.4 is 4.90 Å². The molecule has 2 aromatic rings. The molecule has 1 aromatic carbocycles. The lowest BCUT2D eigenvalue weighted by Crippen LogP contribution is -2.30. The lowest BCUT2D eigenvalue weighted by molar-refractivity contribution is -0.122. The van der Waals surface area contributed by atoms with Crippen LogP contribution in [0.2, 0.25) is 0 Å². The van der Waals surface area contributed by atoms with Crippen LogP contribution in [-0.2, 0) is 16.0 Å². The average molecular weight is 280 g/mol. The van der Waals surface area contributed by atoms with E-state index in [0.717, 1.165) is 5.56 Å². The number of carbonyl (C=O) groups excluding carboxylic acids is 2. The normalized spacial score (nSPS) is 18.3. The van der Waals surface area contributed by atoms with Crippen LogP contribution in [0.3, 0.4) is 0 Å². The first-order chi connectivity index (χ1) is 10.1. The molecule has 106 valence electrons. The summed E-state index contributed by atoms with van der Waals surface area (Å²) < 4.78 is 0. The standard InChI is InChI=1S/C17H16N2O2/c1-12-2-4-13(5-3-12)10-14-11-16(20)19(17(14)21)15-6-8-18-9-7-15/h2-9,14H,10-11H2,1H3/t14-/m1/s1. The van der Waals surface area contributed by atoms with Crippen LogP contribution in [-0.4, -0.2) is 16.8 Å². The summed E-state index contributed by atoms with van der Waals surface area (Å²) in [6.45, 7) is 2.03. The Morgan fingerprint density at radius 2 is 1.76 bits per heavy atom. The summed E-state index contributed by atoms with van der Waals surface area (Å²) in [5.74, 6) is -0.525. The highest BCUT2D eigenvalue weighted by atomic mass is 16.2. The van der Waals surface area contributed by atoms with E-state index in [1.807, 2.05) is 31.2 Å². The molecule has 1 saturated heterocycles. The molecule has 0 unspecified atom stereocenters. The van der Waals surface area contributed by atoms with Gasteiger partial charge in [0.15, 0.2) is 0 Å². The number of aromatic nitrogens is 1. The molecule has 1 atom stereocenters. The van der Waals surface area contributed by atoms with Gasteiger partial charge < -0.3 is 0 Å². The molecule has 0 bridgehead atoms. The predicted octanol–water partition coefficient (Wildman–Crippen LogP) is 2.51. The van der Waals surface area contributed by atoms with Crippen LogP contribution in [0.15, 0.2) is 48.8 Å². The second-order valence-electron chi connectivity index (χ2n) is 5.36. The number of rotatable bonds is 3. The van der Waals surface area contributed by atoms with Crippen molar-refractivity contribution in [2.24, 2.45) is 5.92 Å². The van der Waals surface area contributed by atoms with Gasteiger partial charge in [0.25, 0.3) is 0 Å². The number of hydrogen-bond donors (Lipinski definition) is 0. The SMILES string of the molecule is Cc1ccc(C[C@@H]2CC(=O)N(c3ccncc3)C2=O)cc1. The maximum absolute atomic E-state index is 12.5. The Hall–Kier alpha value is -2.49.